The van der Waals surface area contributed by atoms with Crippen molar-refractivity contribution in [3.05, 3.63) is 52.1 Å². The summed E-state index contributed by atoms with van der Waals surface area (Å²) in [5, 5.41) is 16.9. The Labute approximate surface area is 161 Å². The van der Waals surface area contributed by atoms with E-state index in [2.05, 4.69) is 20.9 Å². The number of hydrogen-bond acceptors (Lipinski definition) is 4. The quantitative estimate of drug-likeness (QED) is 0.349. The molecule has 0 bridgehead atoms. The first kappa shape index (κ1) is 19.3. The maximum Gasteiger partial charge on any atom is 0.256 e. The number of aromatic nitrogens is 1. The third kappa shape index (κ3) is 3.80. The molecule has 8 heteroatoms. The summed E-state index contributed by atoms with van der Waals surface area (Å²) in [4.78, 5) is 27.9. The zero-order chi connectivity index (χ0) is 20.3. The number of H-pyrrole nitrogens is 1. The summed E-state index contributed by atoms with van der Waals surface area (Å²) in [6.45, 7) is 4.66. The number of nitriles is 1. The smallest absolute Gasteiger partial charge is 0.256 e. The van der Waals surface area contributed by atoms with Crippen LogP contribution in [0, 0.1) is 31.0 Å². The van der Waals surface area contributed by atoms with Crippen LogP contribution < -0.4 is 16.0 Å². The van der Waals surface area contributed by atoms with Gasteiger partial charge in [-0.05, 0) is 43.7 Å². The van der Waals surface area contributed by atoms with Gasteiger partial charge in [-0.3, -0.25) is 9.59 Å². The lowest BCUT2D eigenvalue weighted by Gasteiger charge is -2.06. The molecule has 1 aliphatic heterocycles. The summed E-state index contributed by atoms with van der Waals surface area (Å²) in [5.74, 6) is -0.982. The van der Waals surface area contributed by atoms with Crippen LogP contribution >= 0.6 is 0 Å². The molecule has 2 heterocycles. The molecule has 144 valence electrons. The van der Waals surface area contributed by atoms with Gasteiger partial charge in [0.15, 0.2) is 0 Å². The monoisotopic (exact) mass is 381 g/mol. The number of rotatable bonds is 6. The number of benzene rings is 1. The molecule has 3 rings (SSSR count). The minimum Gasteiger partial charge on any atom is -0.358 e. The highest BCUT2D eigenvalue weighted by Gasteiger charge is 2.26. The second kappa shape index (κ2) is 8.06. The van der Waals surface area contributed by atoms with Crippen LogP contribution in [-0.2, 0) is 4.79 Å². The van der Waals surface area contributed by atoms with Gasteiger partial charge in [0.1, 0.15) is 5.82 Å². The van der Waals surface area contributed by atoms with Crippen molar-refractivity contribution < 1.29 is 14.0 Å². The van der Waals surface area contributed by atoms with E-state index in [4.69, 9.17) is 5.26 Å². The number of amides is 2. The van der Waals surface area contributed by atoms with Crippen molar-refractivity contribution in [1.29, 1.82) is 5.26 Å². The lowest BCUT2D eigenvalue weighted by molar-refractivity contribution is -0.110. The van der Waals surface area contributed by atoms with Crippen LogP contribution in [0.3, 0.4) is 0 Å². The van der Waals surface area contributed by atoms with Gasteiger partial charge in [0, 0.05) is 35.7 Å². The summed E-state index contributed by atoms with van der Waals surface area (Å²) in [7, 11) is 0. The van der Waals surface area contributed by atoms with Crippen LogP contribution in [0.4, 0.5) is 10.1 Å². The predicted molar refractivity (Wildman–Crippen MR) is 104 cm³/mol. The molecule has 0 aliphatic carbocycles. The Morgan fingerprint density at radius 2 is 2.11 bits per heavy atom. The molecule has 1 aliphatic rings. The number of halogens is 1. The first-order valence-electron chi connectivity index (χ1n) is 8.80. The number of nitrogens with zero attached hydrogens (tertiary/aromatic N) is 1. The van der Waals surface area contributed by atoms with Gasteiger partial charge in [-0.1, -0.05) is 0 Å². The molecular weight excluding hydrogens is 361 g/mol. The van der Waals surface area contributed by atoms with Crippen molar-refractivity contribution in [2.75, 3.05) is 25.0 Å². The minimum absolute atomic E-state index is 0.222. The van der Waals surface area contributed by atoms with Gasteiger partial charge in [0.05, 0.1) is 23.8 Å². The van der Waals surface area contributed by atoms with E-state index in [0.29, 0.717) is 52.4 Å². The van der Waals surface area contributed by atoms with Crippen LogP contribution in [0.5, 0.6) is 0 Å². The highest BCUT2D eigenvalue weighted by atomic mass is 19.1. The third-order valence-electron chi connectivity index (χ3n) is 4.55. The fraction of sp³-hybridized carbons (Fsp3) is 0.250. The summed E-state index contributed by atoms with van der Waals surface area (Å²) >= 11 is 0. The highest BCUT2D eigenvalue weighted by Crippen LogP contribution is 2.34. The summed E-state index contributed by atoms with van der Waals surface area (Å²) in [6.07, 6.45) is 1.63. The normalized spacial score (nSPS) is 13.9. The molecule has 0 atom stereocenters. The number of carbonyl (C=O) groups excluding carboxylic acids is 2. The highest BCUT2D eigenvalue weighted by molar-refractivity contribution is 6.34. The molecule has 2 amide bonds. The molecule has 0 unspecified atom stereocenters. The maximum atomic E-state index is 13.6. The Morgan fingerprint density at radius 1 is 1.32 bits per heavy atom. The van der Waals surface area contributed by atoms with E-state index in [1.54, 1.807) is 19.9 Å². The largest absolute Gasteiger partial charge is 0.358 e. The van der Waals surface area contributed by atoms with E-state index in [1.807, 2.05) is 6.07 Å². The standard InChI is InChI=1S/C20H20FN5O2/c1-11-17(10-15-14-9-13(21)3-4-16(14)26-19(15)27)25-12(2)18(11)20(28)24-8-7-23-6-5-22/h3-4,9-10,23,25H,6-8H2,1-2H3,(H,24,28)(H,26,27). The number of aromatic amines is 1. The summed E-state index contributed by atoms with van der Waals surface area (Å²) in [6, 6.07) is 6.09. The fourth-order valence-corrected chi connectivity index (χ4v) is 3.20. The van der Waals surface area contributed by atoms with Crippen LogP contribution in [-0.4, -0.2) is 36.4 Å². The molecule has 0 saturated heterocycles. The second-order valence-electron chi connectivity index (χ2n) is 6.46. The van der Waals surface area contributed by atoms with Crippen LogP contribution in [0.2, 0.25) is 0 Å². The first-order valence-corrected chi connectivity index (χ1v) is 8.80. The molecule has 2 aromatic rings. The Balaban J connectivity index is 1.84. The molecule has 0 radical (unpaired) electrons. The van der Waals surface area contributed by atoms with E-state index >= 15 is 0 Å². The zero-order valence-corrected chi connectivity index (χ0v) is 15.6. The Morgan fingerprint density at radius 3 is 2.86 bits per heavy atom. The van der Waals surface area contributed by atoms with Crippen molar-refractivity contribution in [1.82, 2.24) is 15.6 Å². The fourth-order valence-electron chi connectivity index (χ4n) is 3.20. The topological polar surface area (TPSA) is 110 Å². The average molecular weight is 381 g/mol. The van der Waals surface area contributed by atoms with E-state index < -0.39 is 5.82 Å². The SMILES string of the molecule is Cc1[nH]c(C=C2C(=O)Nc3ccc(F)cc32)c(C)c1C(=O)NCCNCC#N. The molecule has 28 heavy (non-hydrogen) atoms. The van der Waals surface area contributed by atoms with Gasteiger partial charge in [0.2, 0.25) is 0 Å². The van der Waals surface area contributed by atoms with Crippen molar-refractivity contribution in [2.45, 2.75) is 13.8 Å². The van der Waals surface area contributed by atoms with E-state index in [-0.39, 0.29) is 18.4 Å². The van der Waals surface area contributed by atoms with Crippen LogP contribution in [0.1, 0.15) is 32.9 Å². The van der Waals surface area contributed by atoms with Crippen molar-refractivity contribution in [2.24, 2.45) is 0 Å². The van der Waals surface area contributed by atoms with E-state index in [0.717, 1.165) is 0 Å². The van der Waals surface area contributed by atoms with Crippen molar-refractivity contribution in [3.8, 4) is 6.07 Å². The molecule has 0 spiro atoms. The van der Waals surface area contributed by atoms with Gasteiger partial charge < -0.3 is 20.9 Å². The molecule has 0 saturated carbocycles. The van der Waals surface area contributed by atoms with Gasteiger partial charge in [0.25, 0.3) is 11.8 Å². The summed E-state index contributed by atoms with van der Waals surface area (Å²) < 4.78 is 13.6. The second-order valence-corrected chi connectivity index (χ2v) is 6.46. The Hall–Kier alpha value is -3.44. The lowest BCUT2D eigenvalue weighted by Crippen LogP contribution is -2.32. The summed E-state index contributed by atoms with van der Waals surface area (Å²) in [5.41, 5.74) is 3.88. The molecule has 7 nitrogen and oxygen atoms in total. The van der Waals surface area contributed by atoms with Crippen molar-refractivity contribution in [3.63, 3.8) is 0 Å². The molecule has 1 aromatic heterocycles. The first-order chi connectivity index (χ1) is 13.4. The lowest BCUT2D eigenvalue weighted by atomic mass is 10.0. The molecular formula is C20H20FN5O2. The van der Waals surface area contributed by atoms with Gasteiger partial charge in [-0.15, -0.1) is 0 Å². The zero-order valence-electron chi connectivity index (χ0n) is 15.6. The molecule has 1 aromatic carbocycles. The number of anilines is 1. The Kier molecular flexibility index (Phi) is 5.57. The Bertz CT molecular complexity index is 1020. The van der Waals surface area contributed by atoms with Crippen molar-refractivity contribution >= 4 is 29.2 Å². The predicted octanol–water partition coefficient (Wildman–Crippen LogP) is 2.11. The number of nitrogens with one attached hydrogen (secondary N) is 4. The van der Waals surface area contributed by atoms with E-state index in [9.17, 15) is 14.0 Å². The number of carbonyl (C=O) groups is 2. The number of fused-ring (bicyclic) bond motifs is 1. The van der Waals surface area contributed by atoms with Gasteiger partial charge >= 0.3 is 0 Å². The van der Waals surface area contributed by atoms with Crippen LogP contribution in [0.15, 0.2) is 18.2 Å². The van der Waals surface area contributed by atoms with Gasteiger partial charge in [-0.2, -0.15) is 5.26 Å². The molecule has 4 N–H and O–H groups in total. The van der Waals surface area contributed by atoms with E-state index in [1.165, 1.54) is 18.2 Å². The molecule has 0 fully saturated rings. The number of hydrogen-bond donors (Lipinski definition) is 4. The third-order valence-corrected chi connectivity index (χ3v) is 4.55. The van der Waals surface area contributed by atoms with Gasteiger partial charge in [-0.25, -0.2) is 4.39 Å². The number of aryl methyl sites for hydroxylation is 1. The maximum absolute atomic E-state index is 13.6. The van der Waals surface area contributed by atoms with Crippen LogP contribution in [0.25, 0.3) is 11.6 Å². The average Bonchev–Trinajstić information content (AvgIpc) is 3.11. The minimum atomic E-state index is -0.425.